The molecule has 2 rings (SSSR count). The SMILES string of the molecule is CS(C)(C)CCOCn1cc(C(=O)NCCC(F)(F)F)c2nc(Br)cnc21. The van der Waals surface area contributed by atoms with Gasteiger partial charge in [-0.2, -0.15) is 13.2 Å². The standard InChI is InChI=1S/C16H22BrF3N4O2S/c1-27(2,3)7-6-26-10-24-9-11(13-14(24)22-8-12(17)23-13)15(25)21-5-4-16(18,19)20/h8-9H,4-7,10H2,1-3H3,(H,21,25). The van der Waals surface area contributed by atoms with Crippen LogP contribution in [0.15, 0.2) is 17.0 Å². The van der Waals surface area contributed by atoms with Crippen LogP contribution in [0.2, 0.25) is 0 Å². The van der Waals surface area contributed by atoms with Crippen molar-refractivity contribution in [2.24, 2.45) is 0 Å². The molecule has 0 radical (unpaired) electrons. The first-order valence-corrected chi connectivity index (χ1v) is 11.9. The average molecular weight is 471 g/mol. The fourth-order valence-corrected chi connectivity index (χ4v) is 3.08. The summed E-state index contributed by atoms with van der Waals surface area (Å²) in [7, 11) is -0.682. The third kappa shape index (κ3) is 6.96. The molecule has 11 heteroatoms. The first-order chi connectivity index (χ1) is 12.5. The first kappa shape index (κ1) is 22.0. The molecule has 2 aromatic rings. The minimum absolute atomic E-state index is 0.158. The van der Waals surface area contributed by atoms with Crippen LogP contribution in [-0.4, -0.2) is 64.3 Å². The van der Waals surface area contributed by atoms with E-state index in [1.54, 1.807) is 4.57 Å². The molecule has 0 aliphatic heterocycles. The largest absolute Gasteiger partial charge is 0.390 e. The highest BCUT2D eigenvalue weighted by Gasteiger charge is 2.27. The molecule has 0 saturated carbocycles. The van der Waals surface area contributed by atoms with Gasteiger partial charge in [-0.3, -0.25) is 4.79 Å². The van der Waals surface area contributed by atoms with Gasteiger partial charge in [-0.25, -0.2) is 20.0 Å². The molecule has 1 N–H and O–H groups in total. The second-order valence-corrected chi connectivity index (χ2v) is 12.2. The van der Waals surface area contributed by atoms with E-state index in [0.717, 1.165) is 5.75 Å². The quantitative estimate of drug-likeness (QED) is 0.599. The van der Waals surface area contributed by atoms with Gasteiger partial charge in [0.05, 0.1) is 24.8 Å². The minimum Gasteiger partial charge on any atom is -0.360 e. The van der Waals surface area contributed by atoms with Gasteiger partial charge >= 0.3 is 6.18 Å². The van der Waals surface area contributed by atoms with Gasteiger partial charge in [-0.15, -0.1) is 0 Å². The molecule has 152 valence electrons. The van der Waals surface area contributed by atoms with Crippen LogP contribution in [0.3, 0.4) is 0 Å². The molecule has 0 saturated heterocycles. The molecule has 27 heavy (non-hydrogen) atoms. The lowest BCUT2D eigenvalue weighted by Gasteiger charge is -2.24. The number of carbonyl (C=O) groups excluding carboxylic acids is 1. The summed E-state index contributed by atoms with van der Waals surface area (Å²) in [6.45, 7) is 0.245. The van der Waals surface area contributed by atoms with E-state index in [9.17, 15) is 18.0 Å². The van der Waals surface area contributed by atoms with E-state index in [2.05, 4.69) is 50.0 Å². The summed E-state index contributed by atoms with van der Waals surface area (Å²) in [6, 6.07) is 0. The highest BCUT2D eigenvalue weighted by molar-refractivity contribution is 9.10. The van der Waals surface area contributed by atoms with Crippen LogP contribution in [0.25, 0.3) is 11.2 Å². The molecule has 0 atom stereocenters. The summed E-state index contributed by atoms with van der Waals surface area (Å²) in [5.41, 5.74) is 0.896. The highest BCUT2D eigenvalue weighted by Crippen LogP contribution is 2.33. The zero-order chi connectivity index (χ0) is 20.2. The van der Waals surface area contributed by atoms with Crippen LogP contribution in [0.5, 0.6) is 0 Å². The maximum absolute atomic E-state index is 12.3. The molecule has 0 aliphatic rings. The Morgan fingerprint density at radius 3 is 2.70 bits per heavy atom. The third-order valence-corrected chi connectivity index (χ3v) is 5.32. The van der Waals surface area contributed by atoms with E-state index in [0.29, 0.717) is 22.4 Å². The monoisotopic (exact) mass is 470 g/mol. The lowest BCUT2D eigenvalue weighted by molar-refractivity contribution is -0.132. The number of hydrogen-bond donors (Lipinski definition) is 1. The van der Waals surface area contributed by atoms with Crippen LogP contribution in [0, 0.1) is 0 Å². The molecule has 0 aliphatic carbocycles. The van der Waals surface area contributed by atoms with E-state index >= 15 is 0 Å². The fourth-order valence-electron chi connectivity index (χ4n) is 2.18. The molecule has 0 aromatic carbocycles. The van der Waals surface area contributed by atoms with Gasteiger partial charge in [0.2, 0.25) is 0 Å². The van der Waals surface area contributed by atoms with Gasteiger partial charge in [-0.1, -0.05) is 0 Å². The highest BCUT2D eigenvalue weighted by atomic mass is 79.9. The molecular formula is C16H22BrF3N4O2S. The molecule has 0 bridgehead atoms. The number of hydrogen-bond acceptors (Lipinski definition) is 4. The number of fused-ring (bicyclic) bond motifs is 1. The summed E-state index contributed by atoms with van der Waals surface area (Å²) < 4.78 is 44.6. The number of nitrogens with one attached hydrogen (secondary N) is 1. The van der Waals surface area contributed by atoms with Gasteiger partial charge in [0, 0.05) is 18.5 Å². The zero-order valence-electron chi connectivity index (χ0n) is 15.3. The maximum atomic E-state index is 12.3. The first-order valence-electron chi connectivity index (χ1n) is 8.06. The Balaban J connectivity index is 2.13. The van der Waals surface area contributed by atoms with Gasteiger partial charge < -0.3 is 14.6 Å². The average Bonchev–Trinajstić information content (AvgIpc) is 2.87. The van der Waals surface area contributed by atoms with Crippen molar-refractivity contribution < 1.29 is 22.7 Å². The molecule has 0 unspecified atom stereocenters. The van der Waals surface area contributed by atoms with Crippen molar-refractivity contribution in [2.75, 3.05) is 37.7 Å². The van der Waals surface area contributed by atoms with Crippen molar-refractivity contribution in [3.63, 3.8) is 0 Å². The normalized spacial score (nSPS) is 13.1. The summed E-state index contributed by atoms with van der Waals surface area (Å²) in [5, 5.41) is 2.27. The van der Waals surface area contributed by atoms with Crippen molar-refractivity contribution in [1.29, 1.82) is 0 Å². The Bertz CT molecular complexity index is 805. The van der Waals surface area contributed by atoms with Crippen LogP contribution < -0.4 is 5.32 Å². The minimum atomic E-state index is -4.33. The Hall–Kier alpha value is -1.33. The second-order valence-electron chi connectivity index (χ2n) is 6.83. The number of alkyl halides is 3. The van der Waals surface area contributed by atoms with E-state index in [1.807, 2.05) is 0 Å². The number of ether oxygens (including phenoxy) is 1. The Morgan fingerprint density at radius 2 is 2.07 bits per heavy atom. The molecule has 0 fully saturated rings. The van der Waals surface area contributed by atoms with Crippen molar-refractivity contribution in [1.82, 2.24) is 19.9 Å². The van der Waals surface area contributed by atoms with E-state index in [-0.39, 0.29) is 12.3 Å². The van der Waals surface area contributed by atoms with Crippen LogP contribution in [0.4, 0.5) is 13.2 Å². The predicted octanol–water partition coefficient (Wildman–Crippen LogP) is 3.54. The van der Waals surface area contributed by atoms with E-state index in [1.165, 1.54) is 12.4 Å². The van der Waals surface area contributed by atoms with E-state index in [4.69, 9.17) is 4.74 Å². The Labute approximate surface area is 165 Å². The summed E-state index contributed by atoms with van der Waals surface area (Å²) >= 11 is 3.20. The number of amides is 1. The van der Waals surface area contributed by atoms with Crippen molar-refractivity contribution in [3.05, 3.63) is 22.6 Å². The number of nitrogens with zero attached hydrogens (tertiary/aromatic N) is 3. The Morgan fingerprint density at radius 1 is 1.37 bits per heavy atom. The van der Waals surface area contributed by atoms with Crippen molar-refractivity contribution >= 4 is 43.0 Å². The Kier molecular flexibility index (Phi) is 7.14. The third-order valence-electron chi connectivity index (χ3n) is 3.54. The predicted molar refractivity (Wildman–Crippen MR) is 104 cm³/mol. The lowest BCUT2D eigenvalue weighted by atomic mass is 10.3. The molecule has 2 heterocycles. The molecule has 0 spiro atoms. The second kappa shape index (κ2) is 8.78. The van der Waals surface area contributed by atoms with E-state index < -0.39 is 35.1 Å². The lowest BCUT2D eigenvalue weighted by Crippen LogP contribution is -2.27. The molecule has 6 nitrogen and oxygen atoms in total. The summed E-state index contributed by atoms with van der Waals surface area (Å²) in [6.07, 6.45) is 4.14. The smallest absolute Gasteiger partial charge is 0.360 e. The summed E-state index contributed by atoms with van der Waals surface area (Å²) in [4.78, 5) is 20.8. The molecular weight excluding hydrogens is 449 g/mol. The van der Waals surface area contributed by atoms with Crippen LogP contribution in [-0.2, 0) is 11.5 Å². The maximum Gasteiger partial charge on any atom is 0.390 e. The number of carbonyl (C=O) groups is 1. The van der Waals surface area contributed by atoms with Crippen molar-refractivity contribution in [3.8, 4) is 0 Å². The van der Waals surface area contributed by atoms with Crippen LogP contribution >= 0.6 is 26.0 Å². The van der Waals surface area contributed by atoms with Gasteiger partial charge in [0.15, 0.2) is 5.65 Å². The van der Waals surface area contributed by atoms with Gasteiger partial charge in [-0.05, 0) is 34.7 Å². The zero-order valence-corrected chi connectivity index (χ0v) is 17.7. The summed E-state index contributed by atoms with van der Waals surface area (Å²) in [5.74, 6) is 0.309. The topological polar surface area (TPSA) is 69.0 Å². The number of rotatable bonds is 8. The number of aromatic nitrogens is 3. The van der Waals surface area contributed by atoms with Gasteiger partial charge in [0.1, 0.15) is 16.9 Å². The fraction of sp³-hybridized carbons (Fsp3) is 0.562. The van der Waals surface area contributed by atoms with Crippen molar-refractivity contribution in [2.45, 2.75) is 19.3 Å². The number of halogens is 4. The van der Waals surface area contributed by atoms with Gasteiger partial charge in [0.25, 0.3) is 5.91 Å². The molecule has 1 amide bonds. The molecule has 2 aromatic heterocycles. The van der Waals surface area contributed by atoms with Crippen LogP contribution in [0.1, 0.15) is 16.8 Å².